The van der Waals surface area contributed by atoms with Gasteiger partial charge in [-0.1, -0.05) is 52.7 Å². The lowest BCUT2D eigenvalue weighted by Crippen LogP contribution is -2.34. The van der Waals surface area contributed by atoms with E-state index in [0.29, 0.717) is 5.41 Å². The van der Waals surface area contributed by atoms with Gasteiger partial charge in [0, 0.05) is 0 Å². The van der Waals surface area contributed by atoms with Crippen molar-refractivity contribution in [1.82, 2.24) is 4.90 Å². The molecule has 1 aromatic carbocycles. The van der Waals surface area contributed by atoms with Crippen LogP contribution in [0, 0.1) is 11.3 Å². The highest BCUT2D eigenvalue weighted by molar-refractivity contribution is 5.27. The zero-order chi connectivity index (χ0) is 18.1. The molecule has 0 bridgehead atoms. The fourth-order valence-corrected chi connectivity index (χ4v) is 3.74. The summed E-state index contributed by atoms with van der Waals surface area (Å²) in [7, 11) is 0. The average molecular weight is 346 g/mol. The molecule has 2 heteroatoms. The number of rotatable bonds is 9. The fourth-order valence-electron chi connectivity index (χ4n) is 3.74. The Bertz CT molecular complexity index is 466. The van der Waals surface area contributed by atoms with Crippen LogP contribution in [-0.4, -0.2) is 31.1 Å². The van der Waals surface area contributed by atoms with Crippen LogP contribution in [0.25, 0.3) is 0 Å². The molecule has 0 aromatic heterocycles. The van der Waals surface area contributed by atoms with E-state index in [4.69, 9.17) is 4.74 Å². The van der Waals surface area contributed by atoms with E-state index >= 15 is 0 Å². The van der Waals surface area contributed by atoms with E-state index in [0.717, 1.165) is 24.7 Å². The van der Waals surface area contributed by atoms with Crippen LogP contribution in [-0.2, 0) is 6.42 Å². The van der Waals surface area contributed by atoms with E-state index in [2.05, 4.69) is 56.9 Å². The molecule has 1 fully saturated rings. The molecule has 1 aromatic rings. The monoisotopic (exact) mass is 345 g/mol. The second-order valence-corrected chi connectivity index (χ2v) is 9.01. The second-order valence-electron chi connectivity index (χ2n) is 9.01. The van der Waals surface area contributed by atoms with Crippen molar-refractivity contribution in [3.63, 3.8) is 0 Å². The minimum Gasteiger partial charge on any atom is -0.494 e. The molecular weight excluding hydrogens is 306 g/mol. The molecule has 25 heavy (non-hydrogen) atoms. The maximum absolute atomic E-state index is 5.99. The summed E-state index contributed by atoms with van der Waals surface area (Å²) in [6.07, 6.45) is 9.08. The predicted molar refractivity (Wildman–Crippen MR) is 108 cm³/mol. The van der Waals surface area contributed by atoms with Crippen LogP contribution in [0.5, 0.6) is 5.75 Å². The summed E-state index contributed by atoms with van der Waals surface area (Å²) in [5.74, 6) is 1.87. The molecule has 1 saturated heterocycles. The predicted octanol–water partition coefficient (Wildman–Crippen LogP) is 5.95. The zero-order valence-corrected chi connectivity index (χ0v) is 17.0. The van der Waals surface area contributed by atoms with Crippen LogP contribution < -0.4 is 4.74 Å². The second kappa shape index (κ2) is 10.2. The van der Waals surface area contributed by atoms with Crippen LogP contribution in [0.3, 0.4) is 0 Å². The van der Waals surface area contributed by atoms with Crippen LogP contribution in [0.15, 0.2) is 24.3 Å². The Hall–Kier alpha value is -1.02. The van der Waals surface area contributed by atoms with Gasteiger partial charge in [-0.05, 0) is 80.8 Å². The third-order valence-electron chi connectivity index (χ3n) is 5.24. The quantitative estimate of drug-likeness (QED) is 0.513. The summed E-state index contributed by atoms with van der Waals surface area (Å²) < 4.78 is 5.99. The molecule has 0 saturated carbocycles. The summed E-state index contributed by atoms with van der Waals surface area (Å²) in [6.45, 7) is 13.9. The van der Waals surface area contributed by atoms with Crippen molar-refractivity contribution in [2.75, 3.05) is 26.2 Å². The first-order valence-electron chi connectivity index (χ1n) is 10.4. The first kappa shape index (κ1) is 20.3. The lowest BCUT2D eigenvalue weighted by molar-refractivity contribution is 0.161. The van der Waals surface area contributed by atoms with Gasteiger partial charge in [0.1, 0.15) is 5.75 Å². The Morgan fingerprint density at radius 2 is 1.72 bits per heavy atom. The minimum atomic E-state index is 0.341. The van der Waals surface area contributed by atoms with Crippen LogP contribution >= 0.6 is 0 Å². The normalized spacial score (nSPS) is 17.0. The molecule has 142 valence electrons. The van der Waals surface area contributed by atoms with Crippen molar-refractivity contribution in [3.05, 3.63) is 29.8 Å². The largest absolute Gasteiger partial charge is 0.494 e. The first-order valence-corrected chi connectivity index (χ1v) is 10.4. The molecular formula is C23H39NO. The number of piperidine rings is 1. The van der Waals surface area contributed by atoms with Crippen LogP contribution in [0.2, 0.25) is 0 Å². The van der Waals surface area contributed by atoms with Gasteiger partial charge in [0.2, 0.25) is 0 Å². The van der Waals surface area contributed by atoms with E-state index < -0.39 is 0 Å². The topological polar surface area (TPSA) is 12.5 Å². The van der Waals surface area contributed by atoms with Gasteiger partial charge in [0.25, 0.3) is 0 Å². The molecule has 2 rings (SSSR count). The molecule has 1 heterocycles. The summed E-state index contributed by atoms with van der Waals surface area (Å²) in [4.78, 5) is 2.65. The lowest BCUT2D eigenvalue weighted by Gasteiger charge is -2.31. The van der Waals surface area contributed by atoms with Gasteiger partial charge in [-0.25, -0.2) is 0 Å². The highest BCUT2D eigenvalue weighted by Crippen LogP contribution is 2.24. The maximum atomic E-state index is 5.99. The molecule has 0 amide bonds. The molecule has 0 radical (unpaired) electrons. The highest BCUT2D eigenvalue weighted by Gasteiger charge is 2.18. The molecule has 0 aliphatic carbocycles. The Labute approximate surface area is 156 Å². The zero-order valence-electron chi connectivity index (χ0n) is 17.0. The first-order chi connectivity index (χ1) is 12.0. The van der Waals surface area contributed by atoms with E-state index in [1.165, 1.54) is 63.7 Å². The third-order valence-corrected chi connectivity index (χ3v) is 5.24. The van der Waals surface area contributed by atoms with Gasteiger partial charge in [-0.15, -0.1) is 0 Å². The number of benzene rings is 1. The minimum absolute atomic E-state index is 0.341. The van der Waals surface area contributed by atoms with Gasteiger partial charge in [-0.3, -0.25) is 0 Å². The summed E-state index contributed by atoms with van der Waals surface area (Å²) in [6, 6.07) is 8.71. The van der Waals surface area contributed by atoms with E-state index in [1.54, 1.807) is 0 Å². The Morgan fingerprint density at radius 1 is 1.04 bits per heavy atom. The number of nitrogens with zero attached hydrogens (tertiary/aromatic N) is 1. The van der Waals surface area contributed by atoms with Crippen LogP contribution in [0.1, 0.15) is 71.8 Å². The van der Waals surface area contributed by atoms with Crippen molar-refractivity contribution in [2.24, 2.45) is 11.3 Å². The highest BCUT2D eigenvalue weighted by atomic mass is 16.5. The van der Waals surface area contributed by atoms with Gasteiger partial charge in [-0.2, -0.15) is 0 Å². The van der Waals surface area contributed by atoms with E-state index in [-0.39, 0.29) is 0 Å². The van der Waals surface area contributed by atoms with Crippen molar-refractivity contribution >= 4 is 0 Å². The Morgan fingerprint density at radius 3 is 2.32 bits per heavy atom. The standard InChI is InChI=1S/C23H39NO/c1-5-6-7-15-24-16-12-20(13-17-24)14-18-25-22-10-8-21(9-11-22)19-23(2,3)4/h8-11,20H,5-7,12-19H2,1-4H3. The molecule has 2 nitrogen and oxygen atoms in total. The van der Waals surface area contributed by atoms with Crippen molar-refractivity contribution < 1.29 is 4.74 Å². The molecule has 1 aliphatic heterocycles. The third kappa shape index (κ3) is 8.27. The summed E-state index contributed by atoms with van der Waals surface area (Å²) >= 11 is 0. The number of hydrogen-bond acceptors (Lipinski definition) is 2. The van der Waals surface area contributed by atoms with Gasteiger partial charge in [0.05, 0.1) is 6.61 Å². The van der Waals surface area contributed by atoms with E-state index in [1.807, 2.05) is 0 Å². The molecule has 0 atom stereocenters. The lowest BCUT2D eigenvalue weighted by atomic mass is 9.88. The maximum Gasteiger partial charge on any atom is 0.119 e. The van der Waals surface area contributed by atoms with Crippen LogP contribution in [0.4, 0.5) is 0 Å². The Kier molecular flexibility index (Phi) is 8.29. The molecule has 0 unspecified atom stereocenters. The number of ether oxygens (including phenoxy) is 1. The van der Waals surface area contributed by atoms with Crippen molar-refractivity contribution in [2.45, 2.75) is 72.6 Å². The molecule has 0 spiro atoms. The summed E-state index contributed by atoms with van der Waals surface area (Å²) in [5, 5.41) is 0. The van der Waals surface area contributed by atoms with Gasteiger partial charge in [0.15, 0.2) is 0 Å². The van der Waals surface area contributed by atoms with Crippen molar-refractivity contribution in [3.8, 4) is 5.75 Å². The SMILES string of the molecule is CCCCCN1CCC(CCOc2ccc(CC(C)(C)C)cc2)CC1. The van der Waals surface area contributed by atoms with E-state index in [9.17, 15) is 0 Å². The average Bonchev–Trinajstić information content (AvgIpc) is 2.57. The fraction of sp³-hybridized carbons (Fsp3) is 0.739. The Balaban J connectivity index is 1.61. The smallest absolute Gasteiger partial charge is 0.119 e. The van der Waals surface area contributed by atoms with Gasteiger partial charge >= 0.3 is 0 Å². The van der Waals surface area contributed by atoms with Gasteiger partial charge < -0.3 is 9.64 Å². The number of hydrogen-bond donors (Lipinski definition) is 0. The summed E-state index contributed by atoms with van der Waals surface area (Å²) in [5.41, 5.74) is 1.74. The molecule has 0 N–H and O–H groups in total. The van der Waals surface area contributed by atoms with Crippen molar-refractivity contribution in [1.29, 1.82) is 0 Å². The number of likely N-dealkylation sites (tertiary alicyclic amines) is 1. The molecule has 1 aliphatic rings. The number of unbranched alkanes of at least 4 members (excludes halogenated alkanes) is 2.